The number of hydrogen-bond acceptors (Lipinski definition) is 7. The molecule has 0 saturated heterocycles. The second-order valence-corrected chi connectivity index (χ2v) is 8.13. The van der Waals surface area contributed by atoms with Crippen LogP contribution in [0.4, 0.5) is 11.5 Å². The van der Waals surface area contributed by atoms with Gasteiger partial charge in [-0.3, -0.25) is 4.79 Å². The molecule has 0 aliphatic rings. The van der Waals surface area contributed by atoms with Crippen molar-refractivity contribution in [2.75, 3.05) is 26.6 Å². The number of fused-ring (bicyclic) bond motifs is 1. The summed E-state index contributed by atoms with van der Waals surface area (Å²) in [6.07, 6.45) is 3.26. The molecule has 182 valence electrons. The third-order valence-electron chi connectivity index (χ3n) is 5.70. The zero-order chi connectivity index (χ0) is 24.8. The summed E-state index contributed by atoms with van der Waals surface area (Å²) in [5.74, 6) is 1.70. The van der Waals surface area contributed by atoms with Gasteiger partial charge in [0.2, 0.25) is 5.75 Å². The molecule has 1 unspecified atom stereocenters. The molecule has 2 heterocycles. The Balaban J connectivity index is 1.55. The lowest BCUT2D eigenvalue weighted by atomic mass is 10.1. The minimum Gasteiger partial charge on any atom is -0.493 e. The number of aryl methyl sites for hydroxylation is 1. The number of benzene rings is 2. The average Bonchev–Trinajstić information content (AvgIpc) is 3.36. The number of hydrogen-bond donors (Lipinski definition) is 2. The molecule has 0 spiro atoms. The lowest BCUT2D eigenvalue weighted by Gasteiger charge is -2.16. The molecule has 8 heteroatoms. The Kier molecular flexibility index (Phi) is 7.40. The van der Waals surface area contributed by atoms with Gasteiger partial charge in [0.25, 0.3) is 5.91 Å². The number of nitrogens with zero attached hydrogens (tertiary/aromatic N) is 1. The topological polar surface area (TPSA) is 94.9 Å². The van der Waals surface area contributed by atoms with E-state index < -0.39 is 0 Å². The first-order valence-corrected chi connectivity index (χ1v) is 11.3. The van der Waals surface area contributed by atoms with Crippen LogP contribution in [0.1, 0.15) is 29.4 Å². The summed E-state index contributed by atoms with van der Waals surface area (Å²) in [5.41, 5.74) is 2.70. The van der Waals surface area contributed by atoms with Crippen molar-refractivity contribution < 1.29 is 23.4 Å². The molecule has 8 nitrogen and oxygen atoms in total. The Morgan fingerprint density at radius 2 is 1.71 bits per heavy atom. The molecule has 0 saturated carbocycles. The first-order valence-electron chi connectivity index (χ1n) is 11.3. The summed E-state index contributed by atoms with van der Waals surface area (Å²) in [7, 11) is 4.65. The third-order valence-corrected chi connectivity index (χ3v) is 5.70. The number of furan rings is 1. The summed E-state index contributed by atoms with van der Waals surface area (Å²) in [5, 5.41) is 7.04. The number of carbonyl (C=O) groups excluding carboxylic acids is 1. The molecule has 0 bridgehead atoms. The van der Waals surface area contributed by atoms with Crippen LogP contribution >= 0.6 is 0 Å². The highest BCUT2D eigenvalue weighted by atomic mass is 16.5. The maximum atomic E-state index is 13.0. The van der Waals surface area contributed by atoms with Gasteiger partial charge >= 0.3 is 0 Å². The van der Waals surface area contributed by atoms with E-state index in [0.29, 0.717) is 34.3 Å². The van der Waals surface area contributed by atoms with Crippen LogP contribution < -0.4 is 24.8 Å². The van der Waals surface area contributed by atoms with E-state index in [4.69, 9.17) is 18.6 Å². The molecule has 35 heavy (non-hydrogen) atoms. The van der Waals surface area contributed by atoms with Crippen molar-refractivity contribution in [3.63, 3.8) is 0 Å². The largest absolute Gasteiger partial charge is 0.493 e. The predicted molar refractivity (Wildman–Crippen MR) is 135 cm³/mol. The van der Waals surface area contributed by atoms with Crippen LogP contribution in [0.5, 0.6) is 17.2 Å². The van der Waals surface area contributed by atoms with Crippen molar-refractivity contribution >= 4 is 28.4 Å². The molecule has 4 aromatic rings. The van der Waals surface area contributed by atoms with Crippen LogP contribution in [0.3, 0.4) is 0 Å². The third kappa shape index (κ3) is 5.48. The van der Waals surface area contributed by atoms with Gasteiger partial charge in [0.05, 0.1) is 33.0 Å². The smallest absolute Gasteiger partial charge is 0.270 e. The Morgan fingerprint density at radius 1 is 1.00 bits per heavy atom. The minimum absolute atomic E-state index is 0.0247. The molecule has 1 amide bonds. The number of ether oxygens (including phenoxy) is 3. The number of anilines is 2. The van der Waals surface area contributed by atoms with Crippen molar-refractivity contribution in [3.8, 4) is 17.2 Å². The average molecular weight is 476 g/mol. The SMILES string of the molecule is COc1cc(Nc2nc(C(=O)NC(C)CCc3ccccc3)cc3occc23)cc(OC)c1OC. The number of aromatic nitrogens is 1. The summed E-state index contributed by atoms with van der Waals surface area (Å²) in [6, 6.07) is 17.2. The summed E-state index contributed by atoms with van der Waals surface area (Å²) in [4.78, 5) is 17.6. The van der Waals surface area contributed by atoms with E-state index in [-0.39, 0.29) is 17.6 Å². The van der Waals surface area contributed by atoms with Crippen molar-refractivity contribution in [1.82, 2.24) is 10.3 Å². The second kappa shape index (κ2) is 10.8. The van der Waals surface area contributed by atoms with E-state index in [1.165, 1.54) is 5.56 Å². The van der Waals surface area contributed by atoms with Gasteiger partial charge in [-0.05, 0) is 31.4 Å². The van der Waals surface area contributed by atoms with E-state index >= 15 is 0 Å². The number of amides is 1. The first kappa shape index (κ1) is 23.9. The van der Waals surface area contributed by atoms with E-state index in [9.17, 15) is 4.79 Å². The number of methoxy groups -OCH3 is 3. The van der Waals surface area contributed by atoms with Gasteiger partial charge in [-0.25, -0.2) is 4.98 Å². The Hall–Kier alpha value is -4.20. The van der Waals surface area contributed by atoms with Gasteiger partial charge < -0.3 is 29.3 Å². The number of carbonyl (C=O) groups is 1. The van der Waals surface area contributed by atoms with Gasteiger partial charge in [0, 0.05) is 29.9 Å². The van der Waals surface area contributed by atoms with Crippen LogP contribution in [-0.2, 0) is 6.42 Å². The highest BCUT2D eigenvalue weighted by Crippen LogP contribution is 2.41. The normalized spacial score (nSPS) is 11.7. The van der Waals surface area contributed by atoms with Gasteiger partial charge in [-0.15, -0.1) is 0 Å². The Labute approximate surface area is 204 Å². The fourth-order valence-corrected chi connectivity index (χ4v) is 3.86. The standard InChI is InChI=1S/C27H29N3O5/c1-17(10-11-18-8-6-5-7-9-18)28-27(31)21-16-22-20(12-13-35-22)26(30-21)29-19-14-23(32-2)25(34-4)24(15-19)33-3/h5-9,12-17H,10-11H2,1-4H3,(H,28,31)(H,29,30). The number of pyridine rings is 1. The quantitative estimate of drug-likeness (QED) is 0.319. The molecule has 2 aromatic carbocycles. The Bertz CT molecular complexity index is 1280. The summed E-state index contributed by atoms with van der Waals surface area (Å²) >= 11 is 0. The number of rotatable bonds is 10. The van der Waals surface area contributed by atoms with Crippen LogP contribution in [0.2, 0.25) is 0 Å². The number of nitrogens with one attached hydrogen (secondary N) is 2. The van der Waals surface area contributed by atoms with Crippen LogP contribution in [0, 0.1) is 0 Å². The minimum atomic E-state index is -0.267. The lowest BCUT2D eigenvalue weighted by molar-refractivity contribution is 0.0933. The van der Waals surface area contributed by atoms with Crippen molar-refractivity contribution in [2.45, 2.75) is 25.8 Å². The molecule has 0 aliphatic heterocycles. The van der Waals surface area contributed by atoms with Crippen LogP contribution in [0.25, 0.3) is 11.0 Å². The fraction of sp³-hybridized carbons (Fsp3) is 0.259. The molecule has 2 aromatic heterocycles. The van der Waals surface area contributed by atoms with Gasteiger partial charge in [-0.1, -0.05) is 30.3 Å². The molecule has 0 fully saturated rings. The molecule has 4 rings (SSSR count). The maximum Gasteiger partial charge on any atom is 0.270 e. The lowest BCUT2D eigenvalue weighted by Crippen LogP contribution is -2.33. The zero-order valence-corrected chi connectivity index (χ0v) is 20.3. The molecule has 1 atom stereocenters. The summed E-state index contributed by atoms with van der Waals surface area (Å²) in [6.45, 7) is 1.99. The Morgan fingerprint density at radius 3 is 2.37 bits per heavy atom. The molecule has 0 aliphatic carbocycles. The van der Waals surface area contributed by atoms with E-state index in [2.05, 4.69) is 27.8 Å². The molecular formula is C27H29N3O5. The van der Waals surface area contributed by atoms with Crippen molar-refractivity contribution in [3.05, 3.63) is 72.1 Å². The van der Waals surface area contributed by atoms with E-state index in [1.54, 1.807) is 51.9 Å². The maximum absolute atomic E-state index is 13.0. The molecule has 2 N–H and O–H groups in total. The van der Waals surface area contributed by atoms with Crippen molar-refractivity contribution in [1.29, 1.82) is 0 Å². The zero-order valence-electron chi connectivity index (χ0n) is 20.3. The highest BCUT2D eigenvalue weighted by Gasteiger charge is 2.18. The van der Waals surface area contributed by atoms with E-state index in [1.807, 2.05) is 25.1 Å². The molecular weight excluding hydrogens is 446 g/mol. The highest BCUT2D eigenvalue weighted by molar-refractivity contribution is 5.99. The van der Waals surface area contributed by atoms with Gasteiger partial charge in [0.1, 0.15) is 17.1 Å². The van der Waals surface area contributed by atoms with E-state index in [0.717, 1.165) is 18.2 Å². The second-order valence-electron chi connectivity index (χ2n) is 8.13. The predicted octanol–water partition coefficient (Wildman–Crippen LogP) is 5.35. The van der Waals surface area contributed by atoms with Crippen molar-refractivity contribution in [2.24, 2.45) is 0 Å². The van der Waals surface area contributed by atoms with Crippen LogP contribution in [0.15, 0.2) is 65.3 Å². The summed E-state index contributed by atoms with van der Waals surface area (Å²) < 4.78 is 21.9. The monoisotopic (exact) mass is 475 g/mol. The van der Waals surface area contributed by atoms with Crippen LogP contribution in [-0.4, -0.2) is 38.3 Å². The fourth-order valence-electron chi connectivity index (χ4n) is 3.86. The first-order chi connectivity index (χ1) is 17.0. The van der Waals surface area contributed by atoms with Gasteiger partial charge in [-0.2, -0.15) is 0 Å². The van der Waals surface area contributed by atoms with Gasteiger partial charge in [0.15, 0.2) is 11.5 Å². The molecule has 0 radical (unpaired) electrons.